The molecule has 1 aromatic carbocycles. The predicted octanol–water partition coefficient (Wildman–Crippen LogP) is 6.31. The summed E-state index contributed by atoms with van der Waals surface area (Å²) in [5, 5.41) is 0. The van der Waals surface area contributed by atoms with Crippen LogP contribution in [0, 0.1) is 0 Å². The molecule has 0 fully saturated rings. The number of hydrogen-bond acceptors (Lipinski definition) is 0. The maximum absolute atomic E-state index is 2.63. The third-order valence-electron chi connectivity index (χ3n) is 5.42. The Labute approximate surface area is 142 Å². The van der Waals surface area contributed by atoms with Crippen molar-refractivity contribution in [3.8, 4) is 0 Å². The summed E-state index contributed by atoms with van der Waals surface area (Å²) in [6, 6.07) is 7.58. The van der Waals surface area contributed by atoms with Crippen LogP contribution in [0.25, 0.3) is 6.08 Å². The Bertz CT molecular complexity index is 465. The summed E-state index contributed by atoms with van der Waals surface area (Å²) in [6.07, 6.45) is 14.3. The third-order valence-corrected chi connectivity index (χ3v) is 21.0. The molecule has 0 radical (unpaired) electrons. The molecule has 0 saturated heterocycles. The van der Waals surface area contributed by atoms with Gasteiger partial charge in [0.15, 0.2) is 0 Å². The molecular formula is C21H34Sn. The molecule has 0 unspecified atom stereocenters. The van der Waals surface area contributed by atoms with Crippen LogP contribution in [0.15, 0.2) is 24.3 Å². The first kappa shape index (κ1) is 18.1. The molecule has 1 aliphatic carbocycles. The van der Waals surface area contributed by atoms with Gasteiger partial charge in [0.25, 0.3) is 0 Å². The fraction of sp³-hybridized carbons (Fsp3) is 0.619. The van der Waals surface area contributed by atoms with Crippen LogP contribution in [-0.2, 0) is 6.42 Å². The number of hydrogen-bond donors (Lipinski definition) is 0. The van der Waals surface area contributed by atoms with Crippen molar-refractivity contribution in [3.05, 3.63) is 35.4 Å². The van der Waals surface area contributed by atoms with E-state index in [1.807, 2.05) is 3.58 Å². The molecule has 0 spiro atoms. The van der Waals surface area contributed by atoms with Gasteiger partial charge in [0, 0.05) is 0 Å². The molecule has 0 aliphatic heterocycles. The first-order valence-corrected chi connectivity index (χ1v) is 17.0. The standard InChI is InChI=1S/C9H7.3C4H9.Sn/c1-2-5-9-7-3-6-8(9)4-1;3*1-3-4-2;/h1,3-6H,7H2;3*1,3-4H2,2H3;. The van der Waals surface area contributed by atoms with Gasteiger partial charge in [-0.25, -0.2) is 0 Å². The Balaban J connectivity index is 2.30. The van der Waals surface area contributed by atoms with Crippen LogP contribution in [0.3, 0.4) is 0 Å². The van der Waals surface area contributed by atoms with E-state index in [1.54, 1.807) is 18.9 Å². The zero-order chi connectivity index (χ0) is 15.8. The normalized spacial score (nSPS) is 13.6. The monoisotopic (exact) mass is 406 g/mol. The van der Waals surface area contributed by atoms with Crippen LogP contribution < -0.4 is 3.58 Å². The zero-order valence-electron chi connectivity index (χ0n) is 15.0. The van der Waals surface area contributed by atoms with Gasteiger partial charge in [-0.15, -0.1) is 0 Å². The van der Waals surface area contributed by atoms with Gasteiger partial charge in [-0.3, -0.25) is 0 Å². The molecule has 0 N–H and O–H groups in total. The van der Waals surface area contributed by atoms with Crippen molar-refractivity contribution in [1.29, 1.82) is 0 Å². The maximum atomic E-state index is 2.63. The van der Waals surface area contributed by atoms with E-state index in [-0.39, 0.29) is 0 Å². The molecule has 1 aromatic rings. The van der Waals surface area contributed by atoms with Crippen molar-refractivity contribution in [1.82, 2.24) is 0 Å². The Hall–Kier alpha value is -0.241. The van der Waals surface area contributed by atoms with Gasteiger partial charge < -0.3 is 0 Å². The molecule has 0 nitrogen and oxygen atoms in total. The quantitative estimate of drug-likeness (QED) is 0.400. The number of fused-ring (bicyclic) bond motifs is 1. The fourth-order valence-electron chi connectivity index (χ4n) is 3.94. The van der Waals surface area contributed by atoms with Gasteiger partial charge in [-0.2, -0.15) is 0 Å². The van der Waals surface area contributed by atoms with E-state index in [1.165, 1.54) is 50.5 Å². The van der Waals surface area contributed by atoms with E-state index in [0.29, 0.717) is 0 Å². The van der Waals surface area contributed by atoms with Crippen molar-refractivity contribution >= 4 is 28.0 Å². The summed E-state index contributed by atoms with van der Waals surface area (Å²) in [5.74, 6) is 0. The number of rotatable bonds is 10. The second kappa shape index (κ2) is 9.15. The SMILES string of the molecule is CCC[CH2][Sn]([CH2]CCC)([CH2]CCC)[c]1ccc2c(c1)CC=C2. The van der Waals surface area contributed by atoms with Crippen molar-refractivity contribution in [2.75, 3.05) is 0 Å². The summed E-state index contributed by atoms with van der Waals surface area (Å²) < 4.78 is 6.58. The summed E-state index contributed by atoms with van der Waals surface area (Å²) in [6.45, 7) is 7.09. The molecule has 0 bridgehead atoms. The van der Waals surface area contributed by atoms with E-state index in [0.717, 1.165) is 0 Å². The molecular weight excluding hydrogens is 371 g/mol. The first-order chi connectivity index (χ1) is 10.8. The molecule has 0 atom stereocenters. The number of allylic oxidation sites excluding steroid dienone is 1. The average Bonchev–Trinajstić information content (AvgIpc) is 3.02. The molecule has 1 aliphatic rings. The predicted molar refractivity (Wildman–Crippen MR) is 104 cm³/mol. The van der Waals surface area contributed by atoms with Crippen molar-refractivity contribution in [3.63, 3.8) is 0 Å². The Kier molecular flexibility index (Phi) is 7.53. The van der Waals surface area contributed by atoms with Gasteiger partial charge in [-0.1, -0.05) is 0 Å². The van der Waals surface area contributed by atoms with Crippen molar-refractivity contribution < 1.29 is 0 Å². The molecule has 0 saturated carbocycles. The second-order valence-electron chi connectivity index (χ2n) is 7.11. The molecule has 0 aromatic heterocycles. The summed E-state index contributed by atoms with van der Waals surface area (Å²) in [5.41, 5.74) is 3.08. The summed E-state index contributed by atoms with van der Waals surface area (Å²) in [7, 11) is 0. The van der Waals surface area contributed by atoms with Gasteiger partial charge in [0.1, 0.15) is 0 Å². The number of benzene rings is 1. The minimum absolute atomic E-state index is 1.17. The number of unbranched alkanes of at least 4 members (excludes halogenated alkanes) is 3. The first-order valence-electron chi connectivity index (χ1n) is 9.55. The zero-order valence-corrected chi connectivity index (χ0v) is 17.8. The summed E-state index contributed by atoms with van der Waals surface area (Å²) >= 11 is -2.19. The van der Waals surface area contributed by atoms with E-state index in [9.17, 15) is 0 Å². The average molecular weight is 405 g/mol. The van der Waals surface area contributed by atoms with Crippen LogP contribution in [-0.4, -0.2) is 18.4 Å². The van der Waals surface area contributed by atoms with Crippen LogP contribution in [0.2, 0.25) is 13.3 Å². The van der Waals surface area contributed by atoms with E-state index in [2.05, 4.69) is 51.1 Å². The third kappa shape index (κ3) is 4.40. The van der Waals surface area contributed by atoms with Crippen molar-refractivity contribution in [2.24, 2.45) is 0 Å². The van der Waals surface area contributed by atoms with Crippen molar-refractivity contribution in [2.45, 2.75) is 79.0 Å². The van der Waals surface area contributed by atoms with Gasteiger partial charge in [0.2, 0.25) is 0 Å². The van der Waals surface area contributed by atoms with Gasteiger partial charge >= 0.3 is 142 Å². The molecule has 0 heterocycles. The van der Waals surface area contributed by atoms with Gasteiger partial charge in [-0.05, 0) is 0 Å². The van der Waals surface area contributed by atoms with Gasteiger partial charge in [0.05, 0.1) is 0 Å². The fourth-order valence-corrected chi connectivity index (χ4v) is 20.0. The minimum atomic E-state index is -2.19. The molecule has 1 heteroatoms. The van der Waals surface area contributed by atoms with Crippen LogP contribution in [0.5, 0.6) is 0 Å². The van der Waals surface area contributed by atoms with Crippen LogP contribution >= 0.6 is 0 Å². The van der Waals surface area contributed by atoms with E-state index >= 15 is 0 Å². The Morgan fingerprint density at radius 2 is 1.45 bits per heavy atom. The van der Waals surface area contributed by atoms with E-state index in [4.69, 9.17) is 0 Å². The molecule has 122 valence electrons. The topological polar surface area (TPSA) is 0 Å². The van der Waals surface area contributed by atoms with Crippen LogP contribution in [0.4, 0.5) is 0 Å². The van der Waals surface area contributed by atoms with E-state index < -0.39 is 18.4 Å². The molecule has 22 heavy (non-hydrogen) atoms. The Morgan fingerprint density at radius 1 is 0.864 bits per heavy atom. The molecule has 0 amide bonds. The molecule has 2 rings (SSSR count). The Morgan fingerprint density at radius 3 is 2.00 bits per heavy atom. The second-order valence-corrected chi connectivity index (χ2v) is 20.3. The summed E-state index contributed by atoms with van der Waals surface area (Å²) in [4.78, 5) is 0. The van der Waals surface area contributed by atoms with Crippen LogP contribution in [0.1, 0.15) is 70.4 Å².